The fourth-order valence-corrected chi connectivity index (χ4v) is 4.06. The normalized spacial score (nSPS) is 19.6. The first-order chi connectivity index (χ1) is 14.0. The molecule has 1 aliphatic rings. The Balaban J connectivity index is 1.87. The summed E-state index contributed by atoms with van der Waals surface area (Å²) in [5.41, 5.74) is 8.58. The van der Waals surface area contributed by atoms with Crippen LogP contribution in [0, 0.1) is 5.92 Å². The third kappa shape index (κ3) is 4.70. The van der Waals surface area contributed by atoms with E-state index < -0.39 is 17.9 Å². The number of nitrogens with one attached hydrogen (secondary N) is 1. The molecule has 0 saturated heterocycles. The zero-order chi connectivity index (χ0) is 20.8. The van der Waals surface area contributed by atoms with Crippen molar-refractivity contribution in [2.24, 2.45) is 5.92 Å². The first-order valence-electron chi connectivity index (χ1n) is 10.1. The SMILES string of the molecule is COc1c(-c2ccccc2)ccc(C(=O)NC2CCCCCCC2C(=O)O)c1N. The lowest BCUT2D eigenvalue weighted by Gasteiger charge is -2.27. The topological polar surface area (TPSA) is 102 Å². The summed E-state index contributed by atoms with van der Waals surface area (Å²) in [6, 6.07) is 12.7. The minimum Gasteiger partial charge on any atom is -0.494 e. The van der Waals surface area contributed by atoms with E-state index >= 15 is 0 Å². The molecule has 2 aromatic rings. The lowest BCUT2D eigenvalue weighted by Crippen LogP contribution is -2.44. The highest BCUT2D eigenvalue weighted by Crippen LogP contribution is 2.37. The van der Waals surface area contributed by atoms with Gasteiger partial charge in [0.05, 0.1) is 24.3 Å². The molecule has 1 saturated carbocycles. The van der Waals surface area contributed by atoms with Gasteiger partial charge in [0.25, 0.3) is 5.91 Å². The summed E-state index contributed by atoms with van der Waals surface area (Å²) in [5.74, 6) is -1.36. The number of carbonyl (C=O) groups is 2. The smallest absolute Gasteiger partial charge is 0.308 e. The van der Waals surface area contributed by atoms with Crippen molar-refractivity contribution >= 4 is 17.6 Å². The van der Waals surface area contributed by atoms with Crippen LogP contribution in [-0.2, 0) is 4.79 Å². The van der Waals surface area contributed by atoms with E-state index in [1.807, 2.05) is 36.4 Å². The van der Waals surface area contributed by atoms with Crippen molar-refractivity contribution in [2.75, 3.05) is 12.8 Å². The van der Waals surface area contributed by atoms with Gasteiger partial charge in [0, 0.05) is 11.6 Å². The molecule has 1 fully saturated rings. The molecule has 0 heterocycles. The predicted octanol–water partition coefficient (Wildman–Crippen LogP) is 4.10. The van der Waals surface area contributed by atoms with E-state index in [0.717, 1.165) is 36.8 Å². The Morgan fingerprint density at radius 1 is 1.03 bits per heavy atom. The molecular weight excluding hydrogens is 368 g/mol. The number of hydrogen-bond acceptors (Lipinski definition) is 4. The summed E-state index contributed by atoms with van der Waals surface area (Å²) in [6.07, 6.45) is 5.09. The van der Waals surface area contributed by atoms with Gasteiger partial charge in [-0.25, -0.2) is 0 Å². The van der Waals surface area contributed by atoms with Crippen LogP contribution in [0.3, 0.4) is 0 Å². The average Bonchev–Trinajstić information content (AvgIpc) is 2.70. The maximum atomic E-state index is 13.0. The van der Waals surface area contributed by atoms with E-state index in [1.54, 1.807) is 6.07 Å². The summed E-state index contributed by atoms with van der Waals surface area (Å²) in [4.78, 5) is 24.7. The maximum Gasteiger partial charge on any atom is 0.308 e. The molecule has 2 aromatic carbocycles. The fourth-order valence-electron chi connectivity index (χ4n) is 4.06. The highest BCUT2D eigenvalue weighted by atomic mass is 16.5. The van der Waals surface area contributed by atoms with Gasteiger partial charge in [0.1, 0.15) is 5.75 Å². The Morgan fingerprint density at radius 2 is 1.72 bits per heavy atom. The van der Waals surface area contributed by atoms with E-state index in [-0.39, 0.29) is 11.6 Å². The lowest BCUT2D eigenvalue weighted by molar-refractivity contribution is -0.143. The minimum atomic E-state index is -0.859. The highest BCUT2D eigenvalue weighted by Gasteiger charge is 2.31. The second kappa shape index (κ2) is 9.45. The van der Waals surface area contributed by atoms with Gasteiger partial charge in [0.15, 0.2) is 0 Å². The molecule has 3 rings (SSSR count). The average molecular weight is 396 g/mol. The van der Waals surface area contributed by atoms with Crippen LogP contribution in [0.15, 0.2) is 42.5 Å². The molecule has 29 heavy (non-hydrogen) atoms. The number of carbonyl (C=O) groups excluding carboxylic acids is 1. The molecule has 0 spiro atoms. The monoisotopic (exact) mass is 396 g/mol. The van der Waals surface area contributed by atoms with Crippen molar-refractivity contribution in [2.45, 2.75) is 44.6 Å². The van der Waals surface area contributed by atoms with Gasteiger partial charge in [-0.3, -0.25) is 9.59 Å². The quantitative estimate of drug-likeness (QED) is 0.661. The summed E-state index contributed by atoms with van der Waals surface area (Å²) in [7, 11) is 1.52. The zero-order valence-electron chi connectivity index (χ0n) is 16.7. The van der Waals surface area contributed by atoms with Crippen LogP contribution < -0.4 is 15.8 Å². The number of nitrogen functional groups attached to an aromatic ring is 1. The fraction of sp³-hybridized carbons (Fsp3) is 0.391. The highest BCUT2D eigenvalue weighted by molar-refractivity contribution is 6.02. The van der Waals surface area contributed by atoms with Gasteiger partial charge in [-0.05, 0) is 30.5 Å². The first kappa shape index (κ1) is 20.7. The second-order valence-electron chi connectivity index (χ2n) is 7.49. The van der Waals surface area contributed by atoms with Crippen LogP contribution in [0.2, 0.25) is 0 Å². The van der Waals surface area contributed by atoms with E-state index in [4.69, 9.17) is 10.5 Å². The van der Waals surface area contributed by atoms with Crippen LogP contribution in [0.5, 0.6) is 5.75 Å². The number of ether oxygens (including phenoxy) is 1. The number of carboxylic acids is 1. The number of rotatable bonds is 5. The van der Waals surface area contributed by atoms with E-state index in [0.29, 0.717) is 24.2 Å². The van der Waals surface area contributed by atoms with E-state index in [2.05, 4.69) is 5.32 Å². The predicted molar refractivity (Wildman–Crippen MR) is 113 cm³/mol. The first-order valence-corrected chi connectivity index (χ1v) is 10.1. The Hall–Kier alpha value is -3.02. The number of benzene rings is 2. The van der Waals surface area contributed by atoms with Gasteiger partial charge in [-0.2, -0.15) is 0 Å². The molecular formula is C23H28N2O4. The molecule has 1 amide bonds. The summed E-state index contributed by atoms with van der Waals surface area (Å²) in [6.45, 7) is 0. The van der Waals surface area contributed by atoms with Crippen molar-refractivity contribution in [3.63, 3.8) is 0 Å². The molecule has 1 aliphatic carbocycles. The van der Waals surface area contributed by atoms with Crippen LogP contribution in [0.4, 0.5) is 5.69 Å². The summed E-state index contributed by atoms with van der Waals surface area (Å²) < 4.78 is 5.51. The second-order valence-corrected chi connectivity index (χ2v) is 7.49. The van der Waals surface area contributed by atoms with Crippen molar-refractivity contribution in [3.05, 3.63) is 48.0 Å². The van der Waals surface area contributed by atoms with Crippen LogP contribution in [-0.4, -0.2) is 30.1 Å². The van der Waals surface area contributed by atoms with Crippen molar-refractivity contribution in [3.8, 4) is 16.9 Å². The standard InChI is InChI=1S/C23H28N2O4/c1-29-21-16(15-9-5-4-6-10-15)13-14-18(20(21)24)22(26)25-19-12-8-3-2-7-11-17(19)23(27)28/h4-6,9-10,13-14,17,19H,2-3,7-8,11-12,24H2,1H3,(H,25,26)(H,27,28). The third-order valence-electron chi connectivity index (χ3n) is 5.63. The number of carboxylic acid groups (broad SMARTS) is 1. The molecule has 154 valence electrons. The van der Waals surface area contributed by atoms with E-state index in [1.165, 1.54) is 7.11 Å². The number of aliphatic carboxylic acids is 1. The largest absolute Gasteiger partial charge is 0.494 e. The van der Waals surface area contributed by atoms with Gasteiger partial charge < -0.3 is 20.9 Å². The molecule has 4 N–H and O–H groups in total. The van der Waals surface area contributed by atoms with Crippen LogP contribution in [0.1, 0.15) is 48.9 Å². The van der Waals surface area contributed by atoms with Crippen molar-refractivity contribution < 1.29 is 19.4 Å². The molecule has 0 bridgehead atoms. The number of hydrogen-bond donors (Lipinski definition) is 3. The molecule has 2 unspecified atom stereocenters. The third-order valence-corrected chi connectivity index (χ3v) is 5.63. The molecule has 6 heteroatoms. The van der Waals surface area contributed by atoms with Crippen LogP contribution >= 0.6 is 0 Å². The van der Waals surface area contributed by atoms with Gasteiger partial charge >= 0.3 is 5.97 Å². The molecule has 6 nitrogen and oxygen atoms in total. The number of amides is 1. The number of methoxy groups -OCH3 is 1. The molecule has 0 aliphatic heterocycles. The Morgan fingerprint density at radius 3 is 2.38 bits per heavy atom. The minimum absolute atomic E-state index is 0.254. The Labute approximate surface area is 171 Å². The van der Waals surface area contributed by atoms with Gasteiger partial charge in [0.2, 0.25) is 0 Å². The Bertz CT molecular complexity index is 867. The summed E-state index contributed by atoms with van der Waals surface area (Å²) >= 11 is 0. The van der Waals surface area contributed by atoms with Crippen molar-refractivity contribution in [1.82, 2.24) is 5.32 Å². The molecule has 0 aromatic heterocycles. The molecule has 2 atom stereocenters. The Kier molecular flexibility index (Phi) is 6.75. The van der Waals surface area contributed by atoms with Gasteiger partial charge in [-0.15, -0.1) is 0 Å². The van der Waals surface area contributed by atoms with E-state index in [9.17, 15) is 14.7 Å². The van der Waals surface area contributed by atoms with Gasteiger partial charge in [-0.1, -0.05) is 56.0 Å². The lowest BCUT2D eigenvalue weighted by atomic mass is 9.86. The number of nitrogens with two attached hydrogens (primary N) is 1. The molecule has 0 radical (unpaired) electrons. The van der Waals surface area contributed by atoms with Crippen molar-refractivity contribution in [1.29, 1.82) is 0 Å². The zero-order valence-corrected chi connectivity index (χ0v) is 16.7. The maximum absolute atomic E-state index is 13.0. The van der Waals surface area contributed by atoms with Crippen LogP contribution in [0.25, 0.3) is 11.1 Å². The summed E-state index contributed by atoms with van der Waals surface area (Å²) in [5, 5.41) is 12.5. The number of anilines is 1.